The zero-order valence-electron chi connectivity index (χ0n) is 16.9. The van der Waals surface area contributed by atoms with Gasteiger partial charge in [0.15, 0.2) is 0 Å². The molecule has 2 fully saturated rings. The molecule has 1 aliphatic carbocycles. The van der Waals surface area contributed by atoms with E-state index in [0.717, 1.165) is 12.1 Å². The molecule has 5 atom stereocenters. The fraction of sp³-hybridized carbons (Fsp3) is 0.524. The first-order valence-corrected chi connectivity index (χ1v) is 10.2. The highest BCUT2D eigenvalue weighted by Gasteiger charge is 2.42. The van der Waals surface area contributed by atoms with Gasteiger partial charge in [-0.15, -0.1) is 0 Å². The van der Waals surface area contributed by atoms with E-state index < -0.39 is 35.8 Å². The highest BCUT2D eigenvalue weighted by atomic mass is 19.4. The van der Waals surface area contributed by atoms with Crippen LogP contribution in [0.1, 0.15) is 43.2 Å². The van der Waals surface area contributed by atoms with Crippen LogP contribution in [-0.2, 0) is 15.8 Å². The molecule has 1 aromatic rings. The molecule has 168 valence electrons. The summed E-state index contributed by atoms with van der Waals surface area (Å²) in [6.45, 7) is 2.26. The normalized spacial score (nSPS) is 31.3. The average Bonchev–Trinajstić information content (AvgIpc) is 3.14. The molecule has 4 rings (SSSR count). The summed E-state index contributed by atoms with van der Waals surface area (Å²) in [5.74, 6) is -1.34. The molecule has 0 aromatic heterocycles. The van der Waals surface area contributed by atoms with Crippen LogP contribution in [0.2, 0.25) is 0 Å². The van der Waals surface area contributed by atoms with E-state index in [-0.39, 0.29) is 36.3 Å². The van der Waals surface area contributed by atoms with Crippen molar-refractivity contribution in [3.05, 3.63) is 46.7 Å². The van der Waals surface area contributed by atoms with Crippen LogP contribution >= 0.6 is 0 Å². The monoisotopic (exact) mass is 440 g/mol. The Morgan fingerprint density at radius 1 is 1.16 bits per heavy atom. The molecule has 0 spiro atoms. The Bertz CT molecular complexity index is 900. The second-order valence-electron chi connectivity index (χ2n) is 8.42. The number of halogens is 4. The van der Waals surface area contributed by atoms with Crippen molar-refractivity contribution in [2.75, 3.05) is 6.54 Å². The van der Waals surface area contributed by atoms with Crippen molar-refractivity contribution in [1.82, 2.24) is 21.5 Å². The number of hydrogen-bond donors (Lipinski definition) is 4. The number of nitrogens with one attached hydrogen (secondary N) is 4. The largest absolute Gasteiger partial charge is 0.416 e. The molecule has 31 heavy (non-hydrogen) atoms. The van der Waals surface area contributed by atoms with Gasteiger partial charge in [0.25, 0.3) is 0 Å². The summed E-state index contributed by atoms with van der Waals surface area (Å²) in [6, 6.07) is 3.80. The average molecular weight is 440 g/mol. The highest BCUT2D eigenvalue weighted by molar-refractivity contribution is 5.99. The van der Waals surface area contributed by atoms with Crippen molar-refractivity contribution in [2.24, 2.45) is 5.92 Å². The smallest absolute Gasteiger partial charge is 0.347 e. The first-order valence-electron chi connectivity index (χ1n) is 10.2. The predicted octanol–water partition coefficient (Wildman–Crippen LogP) is 2.29. The fourth-order valence-electron chi connectivity index (χ4n) is 4.75. The topological polar surface area (TPSA) is 82.3 Å². The van der Waals surface area contributed by atoms with Crippen LogP contribution in [0.4, 0.5) is 17.6 Å². The number of allylic oxidation sites excluding steroid dienone is 1. The van der Waals surface area contributed by atoms with E-state index in [0.29, 0.717) is 24.2 Å². The van der Waals surface area contributed by atoms with E-state index in [1.807, 2.05) is 0 Å². The van der Waals surface area contributed by atoms with Crippen molar-refractivity contribution >= 4 is 11.8 Å². The molecule has 1 saturated carbocycles. The third-order valence-corrected chi connectivity index (χ3v) is 6.36. The maximum Gasteiger partial charge on any atom is 0.416 e. The van der Waals surface area contributed by atoms with Crippen LogP contribution in [-0.4, -0.2) is 36.6 Å². The molecule has 0 radical (unpaired) electrons. The summed E-state index contributed by atoms with van der Waals surface area (Å²) in [5.41, 5.74) is 6.25. The van der Waals surface area contributed by atoms with Gasteiger partial charge in [-0.3, -0.25) is 20.4 Å². The standard InChI is InChI=1S/C21H24F4N4O2/c1-10-19(20(31)28-17-6-12-9-26-29-16(12)8-15(17)22)14(7-18(30)27-10)11-2-4-13(5-3-11)21(23,24)25/h2-5,12,14-17,26,29H,6-9H2,1H3,(H,27,30)(H,28,31). The number of benzene rings is 1. The van der Waals surface area contributed by atoms with Crippen molar-refractivity contribution < 1.29 is 27.2 Å². The lowest BCUT2D eigenvalue weighted by atomic mass is 9.80. The Hall–Kier alpha value is -2.46. The second kappa shape index (κ2) is 8.23. The van der Waals surface area contributed by atoms with Crippen LogP contribution in [0.15, 0.2) is 35.5 Å². The Balaban J connectivity index is 1.56. The van der Waals surface area contributed by atoms with Crippen molar-refractivity contribution in [3.63, 3.8) is 0 Å². The summed E-state index contributed by atoms with van der Waals surface area (Å²) < 4.78 is 53.4. The number of amides is 2. The first-order chi connectivity index (χ1) is 14.6. The van der Waals surface area contributed by atoms with E-state index in [2.05, 4.69) is 21.5 Å². The van der Waals surface area contributed by atoms with E-state index in [1.165, 1.54) is 12.1 Å². The van der Waals surface area contributed by atoms with Gasteiger partial charge < -0.3 is 10.6 Å². The van der Waals surface area contributed by atoms with Gasteiger partial charge in [0, 0.05) is 36.2 Å². The quantitative estimate of drug-likeness (QED) is 0.544. The molecule has 3 aliphatic rings. The molecule has 2 heterocycles. The molecule has 1 aromatic carbocycles. The number of rotatable bonds is 3. The maximum atomic E-state index is 14.7. The van der Waals surface area contributed by atoms with E-state index in [4.69, 9.17) is 0 Å². The summed E-state index contributed by atoms with van der Waals surface area (Å²) in [4.78, 5) is 25.2. The number of carbonyl (C=O) groups excluding carboxylic acids is 2. The number of hydrogen-bond acceptors (Lipinski definition) is 4. The number of carbonyl (C=O) groups is 2. The van der Waals surface area contributed by atoms with Gasteiger partial charge in [-0.05, 0) is 43.4 Å². The molecular formula is C21H24F4N4O2. The third-order valence-electron chi connectivity index (χ3n) is 6.36. The van der Waals surface area contributed by atoms with Gasteiger partial charge in [0.1, 0.15) is 6.17 Å². The Morgan fingerprint density at radius 3 is 2.55 bits per heavy atom. The molecule has 10 heteroatoms. The lowest BCUT2D eigenvalue weighted by Gasteiger charge is -2.35. The number of hydrazine groups is 1. The third kappa shape index (κ3) is 4.45. The van der Waals surface area contributed by atoms with Crippen LogP contribution in [0.25, 0.3) is 0 Å². The minimum atomic E-state index is -4.48. The SMILES string of the molecule is CC1=C(C(=O)NC2CC3CNNC3CC2F)C(c2ccc(C(F)(F)F)cc2)CC(=O)N1. The Morgan fingerprint density at radius 2 is 1.87 bits per heavy atom. The van der Waals surface area contributed by atoms with Gasteiger partial charge in [-0.25, -0.2) is 4.39 Å². The van der Waals surface area contributed by atoms with Gasteiger partial charge in [-0.2, -0.15) is 13.2 Å². The van der Waals surface area contributed by atoms with Gasteiger partial charge in [0.05, 0.1) is 11.6 Å². The molecule has 6 nitrogen and oxygen atoms in total. The fourth-order valence-corrected chi connectivity index (χ4v) is 4.75. The van der Waals surface area contributed by atoms with Crippen LogP contribution in [0.3, 0.4) is 0 Å². The van der Waals surface area contributed by atoms with E-state index in [1.54, 1.807) is 6.92 Å². The molecular weight excluding hydrogens is 416 g/mol. The van der Waals surface area contributed by atoms with Crippen LogP contribution in [0.5, 0.6) is 0 Å². The second-order valence-corrected chi connectivity index (χ2v) is 8.42. The van der Waals surface area contributed by atoms with Gasteiger partial charge in [0.2, 0.25) is 11.8 Å². The molecule has 1 saturated heterocycles. The first kappa shape index (κ1) is 21.8. The van der Waals surface area contributed by atoms with Crippen LogP contribution < -0.4 is 21.5 Å². The summed E-state index contributed by atoms with van der Waals surface area (Å²) in [6.07, 6.45) is -5.02. The molecule has 4 N–H and O–H groups in total. The van der Waals surface area contributed by atoms with E-state index >= 15 is 0 Å². The van der Waals surface area contributed by atoms with Gasteiger partial charge in [-0.1, -0.05) is 12.1 Å². The molecule has 5 unspecified atom stereocenters. The van der Waals surface area contributed by atoms with Crippen molar-refractivity contribution in [3.8, 4) is 0 Å². The zero-order chi connectivity index (χ0) is 22.3. The Labute approximate surface area is 176 Å². The highest BCUT2D eigenvalue weighted by Crippen LogP contribution is 2.36. The predicted molar refractivity (Wildman–Crippen MR) is 104 cm³/mol. The maximum absolute atomic E-state index is 14.7. The minimum absolute atomic E-state index is 0.0259. The van der Waals surface area contributed by atoms with Crippen molar-refractivity contribution in [2.45, 2.75) is 56.5 Å². The summed E-state index contributed by atoms with van der Waals surface area (Å²) >= 11 is 0. The van der Waals surface area contributed by atoms with Crippen LogP contribution in [0, 0.1) is 5.92 Å². The zero-order valence-corrected chi connectivity index (χ0v) is 16.9. The minimum Gasteiger partial charge on any atom is -0.347 e. The lowest BCUT2D eigenvalue weighted by molar-refractivity contribution is -0.137. The Kier molecular flexibility index (Phi) is 5.78. The molecule has 2 amide bonds. The van der Waals surface area contributed by atoms with E-state index in [9.17, 15) is 27.2 Å². The van der Waals surface area contributed by atoms with Crippen molar-refractivity contribution in [1.29, 1.82) is 0 Å². The molecule has 2 aliphatic heterocycles. The molecule has 0 bridgehead atoms. The summed E-state index contributed by atoms with van der Waals surface area (Å²) in [5, 5.41) is 5.39. The summed E-state index contributed by atoms with van der Waals surface area (Å²) in [7, 11) is 0. The number of alkyl halides is 4. The lowest BCUT2D eigenvalue weighted by Crippen LogP contribution is -2.51. The number of fused-ring (bicyclic) bond motifs is 1. The van der Waals surface area contributed by atoms with Gasteiger partial charge >= 0.3 is 6.18 Å².